The van der Waals surface area contributed by atoms with E-state index in [1.54, 1.807) is 0 Å². The van der Waals surface area contributed by atoms with Crippen LogP contribution in [-0.2, 0) is 19.1 Å². The van der Waals surface area contributed by atoms with Gasteiger partial charge in [0.2, 0.25) is 0 Å². The van der Waals surface area contributed by atoms with Gasteiger partial charge in [0, 0.05) is 23.7 Å². The van der Waals surface area contributed by atoms with Gasteiger partial charge in [-0.15, -0.1) is 0 Å². The van der Waals surface area contributed by atoms with Gasteiger partial charge in [0.15, 0.2) is 0 Å². The molecule has 1 saturated carbocycles. The molecule has 1 aromatic carbocycles. The first-order valence-electron chi connectivity index (χ1n) is 10.7. The number of fused-ring (bicyclic) bond motifs is 1. The number of ether oxygens (including phenoxy) is 2. The predicted octanol–water partition coefficient (Wildman–Crippen LogP) is 2.62. The number of hydrogen-bond donors (Lipinski definition) is 1. The SMILES string of the molecule is CCOC(=O)C1CC1C1=NC2C(C(=O)OCC)CNN2C(c2ccc(C)cc2C)=C1. The molecular weight excluding hydrogens is 382 g/mol. The van der Waals surface area contributed by atoms with Crippen molar-refractivity contribution in [3.8, 4) is 0 Å². The van der Waals surface area contributed by atoms with E-state index in [2.05, 4.69) is 43.5 Å². The number of nitrogens with zero attached hydrogens (tertiary/aromatic N) is 2. The first-order chi connectivity index (χ1) is 14.4. The van der Waals surface area contributed by atoms with Crippen molar-refractivity contribution >= 4 is 23.3 Å². The summed E-state index contributed by atoms with van der Waals surface area (Å²) < 4.78 is 10.5. The molecule has 2 aliphatic heterocycles. The topological polar surface area (TPSA) is 80.2 Å². The quantitative estimate of drug-likeness (QED) is 0.725. The van der Waals surface area contributed by atoms with Crippen LogP contribution in [0.3, 0.4) is 0 Å². The fourth-order valence-corrected chi connectivity index (χ4v) is 4.35. The Bertz CT molecular complexity index is 923. The number of esters is 2. The van der Waals surface area contributed by atoms with Crippen molar-refractivity contribution < 1.29 is 19.1 Å². The summed E-state index contributed by atoms with van der Waals surface area (Å²) in [6.07, 6.45) is 2.40. The van der Waals surface area contributed by atoms with E-state index in [4.69, 9.17) is 14.5 Å². The van der Waals surface area contributed by atoms with Crippen LogP contribution in [0.15, 0.2) is 29.3 Å². The molecule has 2 heterocycles. The number of benzene rings is 1. The molecule has 4 rings (SSSR count). The number of allylic oxidation sites excluding steroid dienone is 1. The van der Waals surface area contributed by atoms with Crippen molar-refractivity contribution in [1.29, 1.82) is 0 Å². The molecule has 1 aromatic rings. The molecule has 4 unspecified atom stereocenters. The third-order valence-corrected chi connectivity index (χ3v) is 5.94. The van der Waals surface area contributed by atoms with Crippen LogP contribution in [0.2, 0.25) is 0 Å². The van der Waals surface area contributed by atoms with Crippen molar-refractivity contribution in [2.45, 2.75) is 40.3 Å². The van der Waals surface area contributed by atoms with Crippen LogP contribution in [0.5, 0.6) is 0 Å². The van der Waals surface area contributed by atoms with E-state index in [0.717, 1.165) is 29.0 Å². The van der Waals surface area contributed by atoms with Crippen LogP contribution >= 0.6 is 0 Å². The monoisotopic (exact) mass is 411 g/mol. The highest BCUT2D eigenvalue weighted by atomic mass is 16.5. The number of hydrogen-bond acceptors (Lipinski definition) is 7. The average Bonchev–Trinajstić information content (AvgIpc) is 3.40. The molecule has 0 aromatic heterocycles. The van der Waals surface area contributed by atoms with Crippen molar-refractivity contribution in [2.75, 3.05) is 19.8 Å². The maximum Gasteiger partial charge on any atom is 0.314 e. The second-order valence-corrected chi connectivity index (χ2v) is 8.11. The number of aryl methyl sites for hydroxylation is 2. The highest BCUT2D eigenvalue weighted by molar-refractivity contribution is 6.07. The second-order valence-electron chi connectivity index (χ2n) is 8.11. The van der Waals surface area contributed by atoms with Gasteiger partial charge in [-0.05, 0) is 45.8 Å². The first kappa shape index (κ1) is 20.6. The maximum absolute atomic E-state index is 12.6. The molecule has 1 N–H and O–H groups in total. The molecule has 0 amide bonds. The lowest BCUT2D eigenvalue weighted by atomic mass is 9.98. The third-order valence-electron chi connectivity index (χ3n) is 5.94. The van der Waals surface area contributed by atoms with Gasteiger partial charge in [0.05, 0.1) is 24.8 Å². The molecule has 7 nitrogen and oxygen atoms in total. The van der Waals surface area contributed by atoms with Crippen molar-refractivity contribution in [3.05, 3.63) is 41.0 Å². The molecule has 7 heteroatoms. The highest BCUT2D eigenvalue weighted by Gasteiger charge is 2.50. The Hall–Kier alpha value is -2.67. The van der Waals surface area contributed by atoms with E-state index in [1.165, 1.54) is 5.56 Å². The van der Waals surface area contributed by atoms with E-state index in [-0.39, 0.29) is 29.9 Å². The molecule has 2 fully saturated rings. The predicted molar refractivity (Wildman–Crippen MR) is 113 cm³/mol. The third kappa shape index (κ3) is 3.74. The zero-order chi connectivity index (χ0) is 21.4. The minimum atomic E-state index is -0.394. The number of rotatable bonds is 6. The minimum Gasteiger partial charge on any atom is -0.466 e. The van der Waals surface area contributed by atoms with Gasteiger partial charge in [-0.2, -0.15) is 0 Å². The Morgan fingerprint density at radius 3 is 2.50 bits per heavy atom. The summed E-state index contributed by atoms with van der Waals surface area (Å²) in [5.74, 6) is -0.923. The number of carbonyl (C=O) groups excluding carboxylic acids is 2. The van der Waals surface area contributed by atoms with Crippen LogP contribution in [0, 0.1) is 31.6 Å². The Morgan fingerprint density at radius 2 is 1.83 bits per heavy atom. The van der Waals surface area contributed by atoms with E-state index < -0.39 is 5.92 Å². The molecule has 1 saturated heterocycles. The normalized spacial score (nSPS) is 27.1. The zero-order valence-corrected chi connectivity index (χ0v) is 18.0. The Labute approximate surface area is 177 Å². The van der Waals surface area contributed by atoms with Crippen molar-refractivity contribution in [3.63, 3.8) is 0 Å². The number of nitrogens with one attached hydrogen (secondary N) is 1. The van der Waals surface area contributed by atoms with Gasteiger partial charge in [-0.1, -0.05) is 23.8 Å². The summed E-state index contributed by atoms with van der Waals surface area (Å²) in [6, 6.07) is 6.33. The molecule has 160 valence electrons. The summed E-state index contributed by atoms with van der Waals surface area (Å²) in [5, 5.41) is 1.98. The summed E-state index contributed by atoms with van der Waals surface area (Å²) >= 11 is 0. The van der Waals surface area contributed by atoms with Gasteiger partial charge >= 0.3 is 11.9 Å². The van der Waals surface area contributed by atoms with Gasteiger partial charge in [0.1, 0.15) is 12.1 Å². The standard InChI is InChI=1S/C23H29N3O4/c1-5-29-22(27)17-10-16(17)19-11-20(15-8-7-13(3)9-14(15)4)26-21(25-19)18(12-24-26)23(28)30-6-2/h7-9,11,16-18,21,24H,5-6,10,12H2,1-4H3. The first-order valence-corrected chi connectivity index (χ1v) is 10.7. The Kier molecular flexibility index (Phi) is 5.64. The van der Waals surface area contributed by atoms with Gasteiger partial charge < -0.3 is 9.47 Å². The molecule has 4 atom stereocenters. The number of hydrazine groups is 1. The van der Waals surface area contributed by atoms with Crippen LogP contribution in [-0.4, -0.2) is 48.6 Å². The van der Waals surface area contributed by atoms with E-state index in [1.807, 2.05) is 18.9 Å². The largest absolute Gasteiger partial charge is 0.466 e. The number of aliphatic imine (C=N–C) groups is 1. The smallest absolute Gasteiger partial charge is 0.314 e. The second kappa shape index (κ2) is 8.22. The zero-order valence-electron chi connectivity index (χ0n) is 18.0. The van der Waals surface area contributed by atoms with Crippen molar-refractivity contribution in [2.24, 2.45) is 22.7 Å². The number of carbonyl (C=O) groups is 2. The molecule has 0 spiro atoms. The molecule has 30 heavy (non-hydrogen) atoms. The lowest BCUT2D eigenvalue weighted by Crippen LogP contribution is -2.40. The minimum absolute atomic E-state index is 0.0374. The lowest BCUT2D eigenvalue weighted by molar-refractivity contribution is -0.148. The summed E-state index contributed by atoms with van der Waals surface area (Å²) in [4.78, 5) is 29.6. The van der Waals surface area contributed by atoms with E-state index in [9.17, 15) is 9.59 Å². The van der Waals surface area contributed by atoms with Crippen LogP contribution in [0.1, 0.15) is 37.0 Å². The Balaban J connectivity index is 1.69. The summed E-state index contributed by atoms with van der Waals surface area (Å²) in [6.45, 7) is 8.96. The Morgan fingerprint density at radius 1 is 1.13 bits per heavy atom. The fourth-order valence-electron chi connectivity index (χ4n) is 4.35. The van der Waals surface area contributed by atoms with Gasteiger partial charge in [-0.25, -0.2) is 5.43 Å². The van der Waals surface area contributed by atoms with Crippen molar-refractivity contribution in [1.82, 2.24) is 10.4 Å². The molecule has 0 radical (unpaired) electrons. The van der Waals surface area contributed by atoms with E-state index in [0.29, 0.717) is 19.8 Å². The summed E-state index contributed by atoms with van der Waals surface area (Å²) in [7, 11) is 0. The van der Waals surface area contributed by atoms with Gasteiger partial charge in [0.25, 0.3) is 0 Å². The highest BCUT2D eigenvalue weighted by Crippen LogP contribution is 2.44. The van der Waals surface area contributed by atoms with E-state index >= 15 is 0 Å². The molecule has 3 aliphatic rings. The summed E-state index contributed by atoms with van der Waals surface area (Å²) in [5.41, 5.74) is 8.61. The van der Waals surface area contributed by atoms with Crippen LogP contribution < -0.4 is 5.43 Å². The maximum atomic E-state index is 12.6. The molecular formula is C23H29N3O4. The van der Waals surface area contributed by atoms with Gasteiger partial charge in [-0.3, -0.25) is 19.6 Å². The molecule has 1 aliphatic carbocycles. The van der Waals surface area contributed by atoms with Crippen LogP contribution in [0.25, 0.3) is 5.70 Å². The van der Waals surface area contributed by atoms with Crippen LogP contribution in [0.4, 0.5) is 0 Å². The lowest BCUT2D eigenvalue weighted by Gasteiger charge is -2.32. The average molecular weight is 412 g/mol. The fraction of sp³-hybridized carbons (Fsp3) is 0.522. The molecule has 0 bridgehead atoms.